The summed E-state index contributed by atoms with van der Waals surface area (Å²) in [6.45, 7) is 8.14. The number of hydrogen-bond acceptors (Lipinski definition) is 2. The molecular weight excluding hydrogens is 172 g/mol. The molecule has 0 aromatic heterocycles. The molecule has 0 bridgehead atoms. The fourth-order valence-electron chi connectivity index (χ4n) is 1.56. The van der Waals surface area contributed by atoms with E-state index in [1.807, 2.05) is 19.1 Å². The zero-order chi connectivity index (χ0) is 10.6. The summed E-state index contributed by atoms with van der Waals surface area (Å²) in [4.78, 5) is 2.20. The average Bonchev–Trinajstić information content (AvgIpc) is 2.20. The lowest BCUT2D eigenvalue weighted by Crippen LogP contribution is -2.22. The van der Waals surface area contributed by atoms with Crippen LogP contribution in [0.1, 0.15) is 25.0 Å². The Morgan fingerprint density at radius 2 is 1.93 bits per heavy atom. The molecule has 0 fully saturated rings. The molecule has 0 unspecified atom stereocenters. The van der Waals surface area contributed by atoms with Gasteiger partial charge in [-0.15, -0.1) is 0 Å². The summed E-state index contributed by atoms with van der Waals surface area (Å²) in [7, 11) is 0. The second-order valence-electron chi connectivity index (χ2n) is 3.30. The third kappa shape index (κ3) is 2.05. The first kappa shape index (κ1) is 10.6. The molecule has 0 aliphatic heterocycles. The van der Waals surface area contributed by atoms with Gasteiger partial charge in [0, 0.05) is 13.1 Å². The van der Waals surface area contributed by atoms with Gasteiger partial charge in [0.15, 0.2) is 0 Å². The minimum absolute atomic E-state index is 0.763. The third-order valence-corrected chi connectivity index (χ3v) is 2.38. The Bertz CT molecular complexity index is 346. The van der Waals surface area contributed by atoms with Crippen molar-refractivity contribution in [1.29, 1.82) is 5.26 Å². The molecular formula is C12H16N2. The van der Waals surface area contributed by atoms with Crippen molar-refractivity contribution in [3.63, 3.8) is 0 Å². The summed E-state index contributed by atoms with van der Waals surface area (Å²) in [5, 5.41) is 8.97. The molecule has 0 radical (unpaired) electrons. The van der Waals surface area contributed by atoms with Crippen molar-refractivity contribution in [2.45, 2.75) is 20.8 Å². The number of nitrogens with zero attached hydrogens (tertiary/aromatic N) is 2. The molecule has 0 saturated heterocycles. The molecule has 0 heterocycles. The third-order valence-electron chi connectivity index (χ3n) is 2.38. The first-order valence-electron chi connectivity index (χ1n) is 4.98. The van der Waals surface area contributed by atoms with E-state index in [0.29, 0.717) is 0 Å². The van der Waals surface area contributed by atoms with Gasteiger partial charge < -0.3 is 4.90 Å². The van der Waals surface area contributed by atoms with Crippen LogP contribution < -0.4 is 4.90 Å². The zero-order valence-corrected chi connectivity index (χ0v) is 9.04. The molecule has 0 saturated carbocycles. The predicted octanol–water partition coefficient (Wildman–Crippen LogP) is 2.71. The van der Waals surface area contributed by atoms with Crippen molar-refractivity contribution in [2.75, 3.05) is 18.0 Å². The van der Waals surface area contributed by atoms with Gasteiger partial charge in [0.05, 0.1) is 11.3 Å². The molecule has 1 aromatic rings. The largest absolute Gasteiger partial charge is 0.371 e. The minimum Gasteiger partial charge on any atom is -0.371 e. The Morgan fingerprint density at radius 3 is 2.43 bits per heavy atom. The first-order chi connectivity index (χ1) is 6.72. The van der Waals surface area contributed by atoms with Crippen LogP contribution in [0, 0.1) is 18.3 Å². The van der Waals surface area contributed by atoms with Crippen LogP contribution in [-0.2, 0) is 0 Å². The Morgan fingerprint density at radius 1 is 1.29 bits per heavy atom. The zero-order valence-electron chi connectivity index (χ0n) is 9.04. The Balaban J connectivity index is 3.16. The molecule has 0 amide bonds. The van der Waals surface area contributed by atoms with Gasteiger partial charge in [-0.05, 0) is 38.5 Å². The summed E-state index contributed by atoms with van der Waals surface area (Å²) in [6.07, 6.45) is 0. The van der Waals surface area contributed by atoms with Crippen LogP contribution in [0.15, 0.2) is 18.2 Å². The van der Waals surface area contributed by atoms with E-state index in [-0.39, 0.29) is 0 Å². The van der Waals surface area contributed by atoms with Gasteiger partial charge in [0.25, 0.3) is 0 Å². The fraction of sp³-hybridized carbons (Fsp3) is 0.417. The van der Waals surface area contributed by atoms with E-state index in [1.165, 1.54) is 5.56 Å². The van der Waals surface area contributed by atoms with Gasteiger partial charge in [-0.3, -0.25) is 0 Å². The number of aryl methyl sites for hydroxylation is 1. The fourth-order valence-corrected chi connectivity index (χ4v) is 1.56. The molecule has 1 aromatic carbocycles. The second-order valence-corrected chi connectivity index (χ2v) is 3.30. The van der Waals surface area contributed by atoms with E-state index >= 15 is 0 Å². The number of anilines is 1. The van der Waals surface area contributed by atoms with Crippen LogP contribution in [-0.4, -0.2) is 13.1 Å². The van der Waals surface area contributed by atoms with Crippen LogP contribution in [0.4, 0.5) is 5.69 Å². The van der Waals surface area contributed by atoms with Crippen molar-refractivity contribution in [1.82, 2.24) is 0 Å². The van der Waals surface area contributed by atoms with Crippen molar-refractivity contribution in [3.05, 3.63) is 29.3 Å². The first-order valence-corrected chi connectivity index (χ1v) is 4.98. The number of rotatable bonds is 3. The average molecular weight is 188 g/mol. The smallest absolute Gasteiger partial charge is 0.101 e. The van der Waals surface area contributed by atoms with E-state index in [4.69, 9.17) is 5.26 Å². The van der Waals surface area contributed by atoms with E-state index in [1.54, 1.807) is 0 Å². The van der Waals surface area contributed by atoms with Crippen LogP contribution in [0.3, 0.4) is 0 Å². The number of benzene rings is 1. The number of nitriles is 1. The topological polar surface area (TPSA) is 27.0 Å². The highest BCUT2D eigenvalue weighted by Crippen LogP contribution is 2.21. The molecule has 2 nitrogen and oxygen atoms in total. The molecule has 0 N–H and O–H groups in total. The maximum Gasteiger partial charge on any atom is 0.101 e. The lowest BCUT2D eigenvalue weighted by molar-refractivity contribution is 0.864. The lowest BCUT2D eigenvalue weighted by Gasteiger charge is -2.22. The van der Waals surface area contributed by atoms with Gasteiger partial charge in [0.2, 0.25) is 0 Å². The van der Waals surface area contributed by atoms with Crippen molar-refractivity contribution in [2.24, 2.45) is 0 Å². The van der Waals surface area contributed by atoms with Gasteiger partial charge >= 0.3 is 0 Å². The van der Waals surface area contributed by atoms with Crippen LogP contribution in [0.2, 0.25) is 0 Å². The standard InChI is InChI=1S/C12H16N2/c1-4-14(5-2)12-8-10(3)6-7-11(12)9-13/h6-8H,4-5H2,1-3H3. The summed E-state index contributed by atoms with van der Waals surface area (Å²) in [5.74, 6) is 0. The Kier molecular flexibility index (Phi) is 3.53. The van der Waals surface area contributed by atoms with E-state index in [0.717, 1.165) is 24.3 Å². The quantitative estimate of drug-likeness (QED) is 0.729. The highest BCUT2D eigenvalue weighted by molar-refractivity contribution is 5.60. The lowest BCUT2D eigenvalue weighted by atomic mass is 10.1. The predicted molar refractivity (Wildman–Crippen MR) is 59.5 cm³/mol. The molecule has 14 heavy (non-hydrogen) atoms. The van der Waals surface area contributed by atoms with Gasteiger partial charge in [-0.1, -0.05) is 6.07 Å². The van der Waals surface area contributed by atoms with E-state index < -0.39 is 0 Å². The SMILES string of the molecule is CCN(CC)c1cc(C)ccc1C#N. The summed E-state index contributed by atoms with van der Waals surface area (Å²) >= 11 is 0. The van der Waals surface area contributed by atoms with Crippen LogP contribution in [0.25, 0.3) is 0 Å². The molecule has 74 valence electrons. The number of hydrogen-bond donors (Lipinski definition) is 0. The van der Waals surface area contributed by atoms with E-state index in [2.05, 4.69) is 30.9 Å². The summed E-state index contributed by atoms with van der Waals surface area (Å²) in [5.41, 5.74) is 3.02. The van der Waals surface area contributed by atoms with Gasteiger partial charge in [-0.25, -0.2) is 0 Å². The monoisotopic (exact) mass is 188 g/mol. The minimum atomic E-state index is 0.763. The molecule has 0 spiro atoms. The maximum atomic E-state index is 8.97. The highest BCUT2D eigenvalue weighted by atomic mass is 15.1. The van der Waals surface area contributed by atoms with Gasteiger partial charge in [-0.2, -0.15) is 5.26 Å². The van der Waals surface area contributed by atoms with Crippen molar-refractivity contribution >= 4 is 5.69 Å². The Labute approximate surface area is 85.8 Å². The van der Waals surface area contributed by atoms with E-state index in [9.17, 15) is 0 Å². The molecule has 2 heteroatoms. The molecule has 1 rings (SSSR count). The maximum absolute atomic E-state index is 8.97. The van der Waals surface area contributed by atoms with Crippen molar-refractivity contribution < 1.29 is 0 Å². The molecule has 0 aliphatic carbocycles. The summed E-state index contributed by atoms with van der Waals surface area (Å²) < 4.78 is 0. The molecule has 0 atom stereocenters. The normalized spacial score (nSPS) is 9.57. The summed E-state index contributed by atoms with van der Waals surface area (Å²) in [6, 6.07) is 8.17. The van der Waals surface area contributed by atoms with Gasteiger partial charge in [0.1, 0.15) is 6.07 Å². The van der Waals surface area contributed by atoms with Crippen LogP contribution >= 0.6 is 0 Å². The van der Waals surface area contributed by atoms with Crippen LogP contribution in [0.5, 0.6) is 0 Å². The van der Waals surface area contributed by atoms with Crippen molar-refractivity contribution in [3.8, 4) is 6.07 Å². The Hall–Kier alpha value is -1.49. The second kappa shape index (κ2) is 4.66. The molecule has 0 aliphatic rings. The highest BCUT2D eigenvalue weighted by Gasteiger charge is 2.07.